The van der Waals surface area contributed by atoms with Crippen LogP contribution in [0.1, 0.15) is 54.6 Å². The molecule has 6 nitrogen and oxygen atoms in total. The first-order chi connectivity index (χ1) is 15.3. The van der Waals surface area contributed by atoms with Crippen molar-refractivity contribution in [3.63, 3.8) is 0 Å². The Morgan fingerprint density at radius 1 is 1.09 bits per heavy atom. The van der Waals surface area contributed by atoms with E-state index in [1.165, 1.54) is 6.07 Å². The minimum Gasteiger partial charge on any atom is -0.269 e. The molecular formula is C24H26FN3O3S. The van der Waals surface area contributed by atoms with Crippen LogP contribution in [-0.4, -0.2) is 29.8 Å². The highest BCUT2D eigenvalue weighted by molar-refractivity contribution is 7.86. The summed E-state index contributed by atoms with van der Waals surface area (Å²) in [5.41, 5.74) is 4.14. The molecule has 2 aliphatic carbocycles. The highest BCUT2D eigenvalue weighted by Crippen LogP contribution is 2.45. The lowest BCUT2D eigenvalue weighted by molar-refractivity contribution is 0.120. The van der Waals surface area contributed by atoms with Crippen LogP contribution in [0.15, 0.2) is 47.5 Å². The highest BCUT2D eigenvalue weighted by atomic mass is 32.2. The number of rotatable bonds is 7. The van der Waals surface area contributed by atoms with Crippen LogP contribution >= 0.6 is 0 Å². The van der Waals surface area contributed by atoms with Crippen molar-refractivity contribution in [2.75, 3.05) is 6.61 Å². The number of aryl methyl sites for hydroxylation is 2. The molecule has 168 valence electrons. The summed E-state index contributed by atoms with van der Waals surface area (Å²) in [5, 5.41) is 4.85. The third-order valence-corrected chi connectivity index (χ3v) is 7.67. The zero-order valence-corrected chi connectivity index (χ0v) is 19.0. The first-order valence-electron chi connectivity index (χ1n) is 11.0. The predicted molar refractivity (Wildman–Crippen MR) is 118 cm³/mol. The summed E-state index contributed by atoms with van der Waals surface area (Å²) >= 11 is 0. The van der Waals surface area contributed by atoms with E-state index in [-0.39, 0.29) is 29.3 Å². The van der Waals surface area contributed by atoms with E-state index in [0.29, 0.717) is 11.6 Å². The first kappa shape index (κ1) is 21.3. The van der Waals surface area contributed by atoms with Crippen molar-refractivity contribution in [2.24, 2.45) is 5.92 Å². The molecule has 0 spiro atoms. The summed E-state index contributed by atoms with van der Waals surface area (Å²) in [6.07, 6.45) is 5.86. The van der Waals surface area contributed by atoms with Crippen molar-refractivity contribution in [3.05, 3.63) is 65.4 Å². The van der Waals surface area contributed by atoms with Gasteiger partial charge < -0.3 is 0 Å². The minimum absolute atomic E-state index is 0.170. The van der Waals surface area contributed by atoms with Gasteiger partial charge in [-0.2, -0.15) is 13.5 Å². The van der Waals surface area contributed by atoms with Crippen LogP contribution in [0.5, 0.6) is 0 Å². The second-order valence-corrected chi connectivity index (χ2v) is 10.6. The Labute approximate surface area is 187 Å². The van der Waals surface area contributed by atoms with Crippen LogP contribution in [0.25, 0.3) is 11.3 Å². The molecule has 1 aromatic carbocycles. The molecule has 2 aliphatic rings. The third kappa shape index (κ3) is 4.21. The Morgan fingerprint density at radius 3 is 2.47 bits per heavy atom. The maximum absolute atomic E-state index is 13.7. The molecule has 8 heteroatoms. The van der Waals surface area contributed by atoms with Gasteiger partial charge in [0, 0.05) is 17.7 Å². The number of halogens is 1. The Balaban J connectivity index is 1.25. The van der Waals surface area contributed by atoms with Gasteiger partial charge in [-0.1, -0.05) is 17.7 Å². The summed E-state index contributed by atoms with van der Waals surface area (Å²) in [5.74, 6) is 0.303. The second kappa shape index (κ2) is 8.08. The normalized spacial score (nSPS) is 20.8. The Bertz CT molecular complexity index is 1240. The predicted octanol–water partition coefficient (Wildman–Crippen LogP) is 4.94. The van der Waals surface area contributed by atoms with Gasteiger partial charge in [-0.25, -0.2) is 9.37 Å². The summed E-state index contributed by atoms with van der Waals surface area (Å²) in [7, 11) is -3.74. The van der Waals surface area contributed by atoms with Crippen molar-refractivity contribution >= 4 is 10.1 Å². The molecule has 0 amide bonds. The number of benzene rings is 1. The number of nitrogens with zero attached hydrogens (tertiary/aromatic N) is 3. The van der Waals surface area contributed by atoms with Crippen LogP contribution in [0.2, 0.25) is 0 Å². The Morgan fingerprint density at radius 2 is 1.81 bits per heavy atom. The monoisotopic (exact) mass is 455 g/mol. The van der Waals surface area contributed by atoms with E-state index >= 15 is 0 Å². The fraction of sp³-hybridized carbons (Fsp3) is 0.417. The van der Waals surface area contributed by atoms with Gasteiger partial charge in [0.1, 0.15) is 5.82 Å². The maximum Gasteiger partial charge on any atom is 0.296 e. The smallest absolute Gasteiger partial charge is 0.269 e. The maximum atomic E-state index is 13.7. The largest absolute Gasteiger partial charge is 0.296 e. The van der Waals surface area contributed by atoms with Crippen molar-refractivity contribution in [2.45, 2.75) is 56.4 Å². The average Bonchev–Trinajstić information content (AvgIpc) is 3.48. The van der Waals surface area contributed by atoms with E-state index in [1.807, 2.05) is 17.8 Å². The van der Waals surface area contributed by atoms with Crippen molar-refractivity contribution in [1.82, 2.24) is 14.8 Å². The van der Waals surface area contributed by atoms with E-state index in [0.717, 1.165) is 48.2 Å². The molecule has 0 bridgehead atoms. The molecule has 0 radical (unpaired) electrons. The SMILES string of the molecule is Cc1ccc(S(=O)(=O)OC[C@H]2C[C@H](n3cc(-c4ccc(F)c(C)n4)c(C4CC4)n3)C2)cc1. The molecule has 0 N–H and O–H groups in total. The summed E-state index contributed by atoms with van der Waals surface area (Å²) in [6, 6.07) is 10.0. The lowest BCUT2D eigenvalue weighted by Crippen LogP contribution is -2.31. The van der Waals surface area contributed by atoms with Gasteiger partial charge >= 0.3 is 0 Å². The molecule has 0 aliphatic heterocycles. The minimum atomic E-state index is -3.74. The third-order valence-electron chi connectivity index (χ3n) is 6.38. The molecule has 0 atom stereocenters. The molecule has 5 rings (SSSR count). The van der Waals surface area contributed by atoms with E-state index in [9.17, 15) is 12.8 Å². The van der Waals surface area contributed by atoms with Gasteiger partial charge in [-0.3, -0.25) is 8.86 Å². The van der Waals surface area contributed by atoms with E-state index in [4.69, 9.17) is 9.28 Å². The van der Waals surface area contributed by atoms with Gasteiger partial charge in [0.25, 0.3) is 10.1 Å². The van der Waals surface area contributed by atoms with Crippen LogP contribution in [0.3, 0.4) is 0 Å². The number of aromatic nitrogens is 3. The van der Waals surface area contributed by atoms with E-state index < -0.39 is 10.1 Å². The highest BCUT2D eigenvalue weighted by Gasteiger charge is 2.36. The Kier molecular flexibility index (Phi) is 5.37. The molecule has 0 saturated heterocycles. The second-order valence-electron chi connectivity index (χ2n) is 8.99. The topological polar surface area (TPSA) is 74.1 Å². The summed E-state index contributed by atoms with van der Waals surface area (Å²) < 4.78 is 45.8. The summed E-state index contributed by atoms with van der Waals surface area (Å²) in [4.78, 5) is 4.61. The number of hydrogen-bond donors (Lipinski definition) is 0. The number of pyridine rings is 1. The van der Waals surface area contributed by atoms with Crippen LogP contribution in [0.4, 0.5) is 4.39 Å². The average molecular weight is 456 g/mol. The molecule has 2 heterocycles. The quantitative estimate of drug-likeness (QED) is 0.472. The molecule has 2 fully saturated rings. The van der Waals surface area contributed by atoms with Crippen molar-refractivity contribution in [3.8, 4) is 11.3 Å². The van der Waals surface area contributed by atoms with Gasteiger partial charge in [0.05, 0.1) is 34.6 Å². The molecule has 2 saturated carbocycles. The number of hydrogen-bond acceptors (Lipinski definition) is 5. The zero-order chi connectivity index (χ0) is 22.5. The lowest BCUT2D eigenvalue weighted by Gasteiger charge is -2.34. The van der Waals surface area contributed by atoms with Gasteiger partial charge in [0.2, 0.25) is 0 Å². The van der Waals surface area contributed by atoms with E-state index in [2.05, 4.69) is 4.98 Å². The summed E-state index contributed by atoms with van der Waals surface area (Å²) in [6.45, 7) is 3.75. The molecule has 2 aromatic heterocycles. The van der Waals surface area contributed by atoms with Gasteiger partial charge in [0.15, 0.2) is 0 Å². The standard InChI is InChI=1S/C24H26FN3O3S/c1-15-3-7-20(8-4-15)32(29,30)31-14-17-11-19(12-17)28-13-21(24(27-28)18-5-6-18)23-10-9-22(25)16(2)26-23/h3-4,7-10,13,17-19H,5-6,11-12,14H2,1-2H3/t17-,19-. The molecule has 0 unspecified atom stereocenters. The molecule has 32 heavy (non-hydrogen) atoms. The van der Waals surface area contributed by atoms with Gasteiger partial charge in [-0.05, 0) is 69.7 Å². The van der Waals surface area contributed by atoms with Crippen molar-refractivity contribution in [1.29, 1.82) is 0 Å². The fourth-order valence-corrected chi connectivity index (χ4v) is 5.13. The fourth-order valence-electron chi connectivity index (χ4n) is 4.15. The zero-order valence-electron chi connectivity index (χ0n) is 18.2. The van der Waals surface area contributed by atoms with E-state index in [1.54, 1.807) is 37.3 Å². The van der Waals surface area contributed by atoms with Crippen LogP contribution < -0.4 is 0 Å². The molecular weight excluding hydrogens is 429 g/mol. The first-order valence-corrected chi connectivity index (χ1v) is 12.4. The van der Waals surface area contributed by atoms with Crippen LogP contribution in [0, 0.1) is 25.6 Å². The van der Waals surface area contributed by atoms with Crippen molar-refractivity contribution < 1.29 is 17.0 Å². The Hall–Kier alpha value is -2.58. The van der Waals surface area contributed by atoms with Crippen LogP contribution in [-0.2, 0) is 14.3 Å². The lowest BCUT2D eigenvalue weighted by atomic mass is 9.81. The molecule has 3 aromatic rings. The van der Waals surface area contributed by atoms with Gasteiger partial charge in [-0.15, -0.1) is 0 Å².